The van der Waals surface area contributed by atoms with Crippen LogP contribution in [0.3, 0.4) is 0 Å². The van der Waals surface area contributed by atoms with E-state index in [1.165, 1.54) is 23.1 Å². The molecule has 6 nitrogen and oxygen atoms in total. The molecule has 3 aromatic rings. The SMILES string of the molecule is Cc1nnc(SCC(=O)N/N=C\c2c[nH]c3ccccc23)s1. The van der Waals surface area contributed by atoms with Crippen molar-refractivity contribution < 1.29 is 4.79 Å². The summed E-state index contributed by atoms with van der Waals surface area (Å²) in [6, 6.07) is 7.93. The molecule has 112 valence electrons. The van der Waals surface area contributed by atoms with E-state index in [0.717, 1.165) is 25.8 Å². The monoisotopic (exact) mass is 331 g/mol. The van der Waals surface area contributed by atoms with Crippen LogP contribution in [0.2, 0.25) is 0 Å². The van der Waals surface area contributed by atoms with Crippen molar-refractivity contribution in [2.24, 2.45) is 5.10 Å². The van der Waals surface area contributed by atoms with Crippen molar-refractivity contribution in [3.05, 3.63) is 41.0 Å². The highest BCUT2D eigenvalue weighted by molar-refractivity contribution is 8.01. The van der Waals surface area contributed by atoms with Gasteiger partial charge in [0.1, 0.15) is 5.01 Å². The molecule has 2 N–H and O–H groups in total. The van der Waals surface area contributed by atoms with Crippen molar-refractivity contribution in [2.45, 2.75) is 11.3 Å². The zero-order chi connectivity index (χ0) is 15.4. The lowest BCUT2D eigenvalue weighted by molar-refractivity contribution is -0.118. The number of fused-ring (bicyclic) bond motifs is 1. The average molecular weight is 331 g/mol. The van der Waals surface area contributed by atoms with Crippen molar-refractivity contribution in [1.82, 2.24) is 20.6 Å². The molecule has 2 heterocycles. The van der Waals surface area contributed by atoms with Gasteiger partial charge in [0, 0.05) is 22.7 Å². The standard InChI is InChI=1S/C14H13N5OS2/c1-9-17-19-14(22-9)21-8-13(20)18-16-7-10-6-15-12-5-3-2-4-11(10)12/h2-7,15H,8H2,1H3,(H,18,20)/b16-7-. The van der Waals surface area contributed by atoms with Crippen molar-refractivity contribution in [3.63, 3.8) is 0 Å². The Labute approximate surface area is 135 Å². The number of aromatic nitrogens is 3. The van der Waals surface area contributed by atoms with Gasteiger partial charge in [0.15, 0.2) is 4.34 Å². The maximum Gasteiger partial charge on any atom is 0.250 e. The zero-order valence-corrected chi connectivity index (χ0v) is 13.4. The Bertz CT molecular complexity index is 823. The molecular formula is C14H13N5OS2. The van der Waals surface area contributed by atoms with Gasteiger partial charge in [-0.1, -0.05) is 41.3 Å². The summed E-state index contributed by atoms with van der Waals surface area (Å²) in [5.41, 5.74) is 4.49. The topological polar surface area (TPSA) is 83.0 Å². The molecular weight excluding hydrogens is 318 g/mol. The number of hydrogen-bond donors (Lipinski definition) is 2. The van der Waals surface area contributed by atoms with Crippen LogP contribution in [0.25, 0.3) is 10.9 Å². The minimum Gasteiger partial charge on any atom is -0.361 e. The predicted octanol–water partition coefficient (Wildman–Crippen LogP) is 2.57. The normalized spacial score (nSPS) is 11.3. The van der Waals surface area contributed by atoms with Gasteiger partial charge in [0.05, 0.1) is 12.0 Å². The maximum atomic E-state index is 11.7. The molecule has 0 spiro atoms. The highest BCUT2D eigenvalue weighted by atomic mass is 32.2. The van der Waals surface area contributed by atoms with E-state index in [1.54, 1.807) is 6.21 Å². The van der Waals surface area contributed by atoms with E-state index >= 15 is 0 Å². The number of aromatic amines is 1. The second kappa shape index (κ2) is 6.71. The van der Waals surface area contributed by atoms with Gasteiger partial charge < -0.3 is 4.98 Å². The van der Waals surface area contributed by atoms with Crippen molar-refractivity contribution in [3.8, 4) is 0 Å². The van der Waals surface area contributed by atoms with Crippen LogP contribution < -0.4 is 5.43 Å². The third-order valence-corrected chi connectivity index (χ3v) is 4.82. The molecule has 3 rings (SSSR count). The lowest BCUT2D eigenvalue weighted by Gasteiger charge is -1.97. The number of aryl methyl sites for hydroxylation is 1. The Morgan fingerprint density at radius 2 is 2.32 bits per heavy atom. The molecule has 1 amide bonds. The third-order valence-electron chi connectivity index (χ3n) is 2.85. The van der Waals surface area contributed by atoms with E-state index in [1.807, 2.05) is 37.4 Å². The minimum atomic E-state index is -0.172. The second-order valence-electron chi connectivity index (χ2n) is 4.46. The molecule has 2 aromatic heterocycles. The molecule has 8 heteroatoms. The number of hydrogen-bond acceptors (Lipinski definition) is 6. The molecule has 0 radical (unpaired) electrons. The van der Waals surface area contributed by atoms with Gasteiger partial charge in [-0.25, -0.2) is 5.43 Å². The van der Waals surface area contributed by atoms with Gasteiger partial charge >= 0.3 is 0 Å². The van der Waals surface area contributed by atoms with Crippen LogP contribution >= 0.6 is 23.1 Å². The van der Waals surface area contributed by atoms with E-state index in [0.29, 0.717) is 0 Å². The van der Waals surface area contributed by atoms with Gasteiger partial charge in [-0.2, -0.15) is 5.10 Å². The van der Waals surface area contributed by atoms with Crippen molar-refractivity contribution >= 4 is 46.1 Å². The maximum absolute atomic E-state index is 11.7. The number of carbonyl (C=O) groups is 1. The number of nitrogens with one attached hydrogen (secondary N) is 2. The fourth-order valence-electron chi connectivity index (χ4n) is 1.87. The van der Waals surface area contributed by atoms with Crippen LogP contribution in [0, 0.1) is 6.92 Å². The summed E-state index contributed by atoms with van der Waals surface area (Å²) in [4.78, 5) is 14.9. The summed E-state index contributed by atoms with van der Waals surface area (Å²) >= 11 is 2.82. The second-order valence-corrected chi connectivity index (χ2v) is 6.86. The molecule has 0 saturated carbocycles. The summed E-state index contributed by atoms with van der Waals surface area (Å²) in [6.45, 7) is 1.88. The molecule has 1 aromatic carbocycles. The Kier molecular flexibility index (Phi) is 4.50. The van der Waals surface area contributed by atoms with Crippen LogP contribution in [0.1, 0.15) is 10.6 Å². The summed E-state index contributed by atoms with van der Waals surface area (Å²) in [5.74, 6) is 0.0915. The van der Waals surface area contributed by atoms with Gasteiger partial charge in [-0.15, -0.1) is 10.2 Å². The highest BCUT2D eigenvalue weighted by Gasteiger charge is 2.05. The van der Waals surface area contributed by atoms with Crippen molar-refractivity contribution in [1.29, 1.82) is 0 Å². The fraction of sp³-hybridized carbons (Fsp3) is 0.143. The third kappa shape index (κ3) is 3.52. The Hall–Kier alpha value is -2.19. The van der Waals surface area contributed by atoms with Crippen LogP contribution in [0.4, 0.5) is 0 Å². The molecule has 0 fully saturated rings. The largest absolute Gasteiger partial charge is 0.361 e. The number of benzene rings is 1. The lowest BCUT2D eigenvalue weighted by atomic mass is 10.2. The van der Waals surface area contributed by atoms with Gasteiger partial charge in [0.25, 0.3) is 5.91 Å². The Morgan fingerprint density at radius 3 is 3.14 bits per heavy atom. The van der Waals surface area contributed by atoms with Gasteiger partial charge in [-0.05, 0) is 13.0 Å². The first kappa shape index (κ1) is 14.7. The molecule has 0 aliphatic rings. The minimum absolute atomic E-state index is 0.172. The molecule has 0 aliphatic carbocycles. The van der Waals surface area contributed by atoms with E-state index in [9.17, 15) is 4.79 Å². The first-order chi connectivity index (χ1) is 10.7. The summed E-state index contributed by atoms with van der Waals surface area (Å²) in [7, 11) is 0. The molecule has 0 aliphatic heterocycles. The summed E-state index contributed by atoms with van der Waals surface area (Å²) in [6.07, 6.45) is 3.50. The van der Waals surface area contributed by atoms with Crippen LogP contribution in [-0.2, 0) is 4.79 Å². The van der Waals surface area contributed by atoms with Crippen LogP contribution in [0.15, 0.2) is 39.9 Å². The number of amides is 1. The number of nitrogens with zero attached hydrogens (tertiary/aromatic N) is 3. The Morgan fingerprint density at radius 1 is 1.45 bits per heavy atom. The number of rotatable bonds is 5. The fourth-order valence-corrected chi connectivity index (χ4v) is 3.48. The number of H-pyrrole nitrogens is 1. The quantitative estimate of drug-likeness (QED) is 0.428. The van der Waals surface area contributed by atoms with E-state index in [2.05, 4.69) is 25.7 Å². The zero-order valence-electron chi connectivity index (χ0n) is 11.7. The Balaban J connectivity index is 1.54. The number of para-hydroxylation sites is 1. The molecule has 22 heavy (non-hydrogen) atoms. The number of hydrazone groups is 1. The highest BCUT2D eigenvalue weighted by Crippen LogP contribution is 2.21. The predicted molar refractivity (Wildman–Crippen MR) is 89.4 cm³/mol. The van der Waals surface area contributed by atoms with E-state index in [-0.39, 0.29) is 11.7 Å². The van der Waals surface area contributed by atoms with Gasteiger partial charge in [0.2, 0.25) is 0 Å². The molecule has 0 unspecified atom stereocenters. The first-order valence-electron chi connectivity index (χ1n) is 6.53. The molecule has 0 atom stereocenters. The van der Waals surface area contributed by atoms with Gasteiger partial charge in [-0.3, -0.25) is 4.79 Å². The smallest absolute Gasteiger partial charge is 0.250 e. The van der Waals surface area contributed by atoms with Crippen LogP contribution in [-0.4, -0.2) is 33.1 Å². The molecule has 0 bridgehead atoms. The first-order valence-corrected chi connectivity index (χ1v) is 8.33. The average Bonchev–Trinajstić information content (AvgIpc) is 3.12. The van der Waals surface area contributed by atoms with E-state index in [4.69, 9.17) is 0 Å². The van der Waals surface area contributed by atoms with Crippen molar-refractivity contribution in [2.75, 3.05) is 5.75 Å². The summed E-state index contributed by atoms with van der Waals surface area (Å²) < 4.78 is 0.785. The number of carbonyl (C=O) groups excluding carboxylic acids is 1. The van der Waals surface area contributed by atoms with Crippen LogP contribution in [0.5, 0.6) is 0 Å². The summed E-state index contributed by atoms with van der Waals surface area (Å²) in [5, 5.41) is 13.8. The van der Waals surface area contributed by atoms with E-state index < -0.39 is 0 Å². The lowest BCUT2D eigenvalue weighted by Crippen LogP contribution is -2.19. The molecule has 0 saturated heterocycles. The number of thioether (sulfide) groups is 1.